The molecule has 42 heavy (non-hydrogen) atoms. The van der Waals surface area contributed by atoms with Gasteiger partial charge in [0.2, 0.25) is 5.75 Å². The summed E-state index contributed by atoms with van der Waals surface area (Å²) < 4.78 is 24.1. The Morgan fingerprint density at radius 2 is 1.71 bits per heavy atom. The van der Waals surface area contributed by atoms with Crippen LogP contribution in [0.3, 0.4) is 0 Å². The first-order valence-corrected chi connectivity index (χ1v) is 15.2. The average Bonchev–Trinajstić information content (AvgIpc) is 2.97. The van der Waals surface area contributed by atoms with E-state index in [1.807, 2.05) is 18.2 Å². The molecule has 3 N–H and O–H groups in total. The highest BCUT2D eigenvalue weighted by Crippen LogP contribution is 2.54. The minimum atomic E-state index is -0.828. The van der Waals surface area contributed by atoms with Crippen LogP contribution in [0.4, 0.5) is 0 Å². The summed E-state index contributed by atoms with van der Waals surface area (Å²) in [6.45, 7) is 6.88. The Labute approximate surface area is 249 Å². The van der Waals surface area contributed by atoms with Gasteiger partial charge in [-0.1, -0.05) is 46.1 Å². The van der Waals surface area contributed by atoms with Crippen LogP contribution in [0.5, 0.6) is 34.5 Å². The number of fused-ring (bicyclic) bond motifs is 5. The molecule has 1 aliphatic carbocycles. The molecule has 3 aromatic rings. The first kappa shape index (κ1) is 29.9. The van der Waals surface area contributed by atoms with Crippen molar-refractivity contribution in [2.75, 3.05) is 20.8 Å². The quantitative estimate of drug-likeness (QED) is 0.204. The van der Waals surface area contributed by atoms with E-state index in [9.17, 15) is 15.3 Å². The first-order chi connectivity index (χ1) is 20.3. The minimum Gasteiger partial charge on any atom is -0.508 e. The largest absolute Gasteiger partial charge is 0.508 e. The van der Waals surface area contributed by atoms with Crippen LogP contribution < -0.4 is 18.9 Å². The van der Waals surface area contributed by atoms with Gasteiger partial charge in [-0.05, 0) is 72.6 Å². The van der Waals surface area contributed by atoms with E-state index in [-0.39, 0.29) is 23.2 Å². The molecule has 3 unspecified atom stereocenters. The molecular weight excluding hydrogens is 532 g/mol. The lowest BCUT2D eigenvalue weighted by Gasteiger charge is -2.40. The van der Waals surface area contributed by atoms with E-state index in [0.717, 1.165) is 72.8 Å². The molecule has 0 fully saturated rings. The van der Waals surface area contributed by atoms with Gasteiger partial charge in [-0.3, -0.25) is 0 Å². The van der Waals surface area contributed by atoms with Crippen LogP contribution in [-0.4, -0.2) is 42.3 Å². The van der Waals surface area contributed by atoms with Crippen molar-refractivity contribution in [2.45, 2.75) is 83.8 Å². The standard InChI is InChI=1S/C35H44O7/c1-6-7-8-9-26-32-25-12-10-21-16-23(36)11-13-24(21)31(25)27(39-4)19-28(32)42-35(33(26)37)22-17-29(40-5)34(38)30(18-22)41-15-14-20(2)3/h11,13,16-20,26,33,35-38H,6-10,12,14-15H2,1-5H3. The monoisotopic (exact) mass is 576 g/mol. The molecule has 3 aromatic carbocycles. The molecule has 2 aliphatic rings. The van der Waals surface area contributed by atoms with E-state index >= 15 is 0 Å². The van der Waals surface area contributed by atoms with Gasteiger partial charge < -0.3 is 34.3 Å². The number of ether oxygens (including phenoxy) is 4. The van der Waals surface area contributed by atoms with Gasteiger partial charge in [-0.25, -0.2) is 0 Å². The number of aliphatic hydroxyl groups excluding tert-OH is 1. The number of aliphatic hydroxyl groups is 1. The zero-order chi connectivity index (χ0) is 30.0. The molecule has 0 saturated carbocycles. The molecule has 0 spiro atoms. The van der Waals surface area contributed by atoms with Crippen molar-refractivity contribution in [3.8, 4) is 45.6 Å². The predicted octanol–water partition coefficient (Wildman–Crippen LogP) is 7.46. The summed E-state index contributed by atoms with van der Waals surface area (Å²) in [5.41, 5.74) is 6.01. The van der Waals surface area contributed by atoms with E-state index in [2.05, 4.69) is 20.8 Å². The normalized spacial score (nSPS) is 19.0. The molecule has 5 rings (SSSR count). The molecule has 1 aliphatic heterocycles. The van der Waals surface area contributed by atoms with Gasteiger partial charge in [0.15, 0.2) is 17.6 Å². The molecule has 0 bridgehead atoms. The number of hydrogen-bond donors (Lipinski definition) is 3. The fraction of sp³-hybridized carbons (Fsp3) is 0.486. The third kappa shape index (κ3) is 5.71. The number of benzene rings is 3. The molecule has 0 radical (unpaired) electrons. The second kappa shape index (κ2) is 12.7. The number of phenols is 2. The van der Waals surface area contributed by atoms with E-state index in [4.69, 9.17) is 18.9 Å². The number of aryl methyl sites for hydroxylation is 1. The van der Waals surface area contributed by atoms with Gasteiger partial charge >= 0.3 is 0 Å². The maximum atomic E-state index is 12.0. The smallest absolute Gasteiger partial charge is 0.200 e. The van der Waals surface area contributed by atoms with E-state index in [1.54, 1.807) is 25.3 Å². The molecule has 7 heteroatoms. The summed E-state index contributed by atoms with van der Waals surface area (Å²) in [6, 6.07) is 10.9. The number of rotatable bonds is 11. The number of unbranched alkanes of at least 4 members (excludes halogenated alkanes) is 2. The minimum absolute atomic E-state index is 0.0596. The number of hydrogen-bond acceptors (Lipinski definition) is 7. The highest BCUT2D eigenvalue weighted by Gasteiger charge is 2.42. The van der Waals surface area contributed by atoms with Crippen molar-refractivity contribution in [1.82, 2.24) is 0 Å². The number of phenolic OH excluding ortho intramolecular Hbond substituents is 2. The van der Waals surface area contributed by atoms with Crippen LogP contribution in [0.2, 0.25) is 0 Å². The molecule has 0 saturated heterocycles. The van der Waals surface area contributed by atoms with Crippen molar-refractivity contribution >= 4 is 0 Å². The lowest BCUT2D eigenvalue weighted by molar-refractivity contribution is -0.00354. The Kier molecular flexibility index (Phi) is 9.07. The summed E-state index contributed by atoms with van der Waals surface area (Å²) in [5, 5.41) is 33.0. The van der Waals surface area contributed by atoms with Gasteiger partial charge in [-0.2, -0.15) is 0 Å². The maximum absolute atomic E-state index is 12.0. The van der Waals surface area contributed by atoms with Crippen LogP contribution in [0, 0.1) is 5.92 Å². The average molecular weight is 577 g/mol. The molecule has 7 nitrogen and oxygen atoms in total. The zero-order valence-corrected chi connectivity index (χ0v) is 25.4. The Morgan fingerprint density at radius 1 is 0.952 bits per heavy atom. The third-order valence-electron chi connectivity index (χ3n) is 8.65. The Hall–Kier alpha value is -3.58. The fourth-order valence-corrected chi connectivity index (χ4v) is 6.43. The zero-order valence-electron chi connectivity index (χ0n) is 25.4. The Bertz CT molecular complexity index is 1410. The third-order valence-corrected chi connectivity index (χ3v) is 8.65. The van der Waals surface area contributed by atoms with Crippen molar-refractivity contribution in [3.63, 3.8) is 0 Å². The first-order valence-electron chi connectivity index (χ1n) is 15.2. The highest BCUT2D eigenvalue weighted by atomic mass is 16.5. The maximum Gasteiger partial charge on any atom is 0.200 e. The van der Waals surface area contributed by atoms with Crippen LogP contribution >= 0.6 is 0 Å². The van der Waals surface area contributed by atoms with E-state index in [0.29, 0.717) is 35.3 Å². The summed E-state index contributed by atoms with van der Waals surface area (Å²) in [7, 11) is 3.17. The second-order valence-corrected chi connectivity index (χ2v) is 11.9. The summed E-state index contributed by atoms with van der Waals surface area (Å²) in [6.07, 6.45) is 4.82. The van der Waals surface area contributed by atoms with E-state index < -0.39 is 12.2 Å². The fourth-order valence-electron chi connectivity index (χ4n) is 6.43. The van der Waals surface area contributed by atoms with Gasteiger partial charge in [0.05, 0.1) is 20.8 Å². The van der Waals surface area contributed by atoms with Crippen LogP contribution in [0.25, 0.3) is 11.1 Å². The van der Waals surface area contributed by atoms with Crippen molar-refractivity contribution < 1.29 is 34.3 Å². The topological polar surface area (TPSA) is 97.6 Å². The van der Waals surface area contributed by atoms with Gasteiger partial charge in [0, 0.05) is 28.7 Å². The summed E-state index contributed by atoms with van der Waals surface area (Å²) in [4.78, 5) is 0. The van der Waals surface area contributed by atoms with Crippen LogP contribution in [-0.2, 0) is 12.8 Å². The van der Waals surface area contributed by atoms with Crippen LogP contribution in [0.1, 0.15) is 87.2 Å². The lowest BCUT2D eigenvalue weighted by atomic mass is 9.74. The highest BCUT2D eigenvalue weighted by molar-refractivity contribution is 5.82. The van der Waals surface area contributed by atoms with Gasteiger partial charge in [0.1, 0.15) is 23.4 Å². The van der Waals surface area contributed by atoms with Crippen molar-refractivity contribution in [1.29, 1.82) is 0 Å². The molecule has 3 atom stereocenters. The van der Waals surface area contributed by atoms with Gasteiger partial charge in [0.25, 0.3) is 0 Å². The Balaban J connectivity index is 1.61. The molecule has 226 valence electrons. The molecule has 0 aromatic heterocycles. The Morgan fingerprint density at radius 3 is 2.43 bits per heavy atom. The summed E-state index contributed by atoms with van der Waals surface area (Å²) in [5.74, 6) is 2.50. The number of methoxy groups -OCH3 is 2. The molecule has 0 amide bonds. The van der Waals surface area contributed by atoms with Crippen molar-refractivity contribution in [3.05, 3.63) is 58.7 Å². The number of aromatic hydroxyl groups is 2. The van der Waals surface area contributed by atoms with E-state index in [1.165, 1.54) is 7.11 Å². The molecule has 1 heterocycles. The predicted molar refractivity (Wildman–Crippen MR) is 163 cm³/mol. The SMILES string of the molecule is CCCCCC1c2c(cc(OC)c3c2CCc2cc(O)ccc2-3)OC(c2cc(OC)c(O)c(OCCC(C)C)c2)C1O. The lowest BCUT2D eigenvalue weighted by Crippen LogP contribution is -2.35. The van der Waals surface area contributed by atoms with Crippen molar-refractivity contribution in [2.24, 2.45) is 5.92 Å². The molecular formula is C35H44O7. The second-order valence-electron chi connectivity index (χ2n) is 11.9. The summed E-state index contributed by atoms with van der Waals surface area (Å²) >= 11 is 0. The van der Waals surface area contributed by atoms with Crippen LogP contribution in [0.15, 0.2) is 36.4 Å². The van der Waals surface area contributed by atoms with Gasteiger partial charge in [-0.15, -0.1) is 0 Å².